The SMILES string of the molecule is CCC(CC)NCCC[n+]1c(-c2ccccc2)c2cc(N)ccc2c2ccc(N)cc21.I.[I-]. The number of rotatable bonds is 8. The Bertz CT molecular complexity index is 1190. The molecule has 176 valence electrons. The lowest BCUT2D eigenvalue weighted by Gasteiger charge is -2.15. The van der Waals surface area contributed by atoms with E-state index in [0.717, 1.165) is 43.7 Å². The van der Waals surface area contributed by atoms with Crippen LogP contribution in [0.25, 0.3) is 32.9 Å². The van der Waals surface area contributed by atoms with E-state index in [2.05, 4.69) is 78.3 Å². The Hall–Kier alpha value is -1.65. The summed E-state index contributed by atoms with van der Waals surface area (Å²) in [5.41, 5.74) is 17.6. The van der Waals surface area contributed by atoms with Crippen LogP contribution in [0.2, 0.25) is 0 Å². The molecule has 5 N–H and O–H groups in total. The van der Waals surface area contributed by atoms with Crippen LogP contribution >= 0.6 is 24.0 Å². The molecule has 0 spiro atoms. The van der Waals surface area contributed by atoms with Crippen LogP contribution in [0.15, 0.2) is 66.7 Å². The van der Waals surface area contributed by atoms with Gasteiger partial charge in [0, 0.05) is 47.4 Å². The highest BCUT2D eigenvalue weighted by Crippen LogP contribution is 2.33. The second-order valence-electron chi connectivity index (χ2n) is 8.27. The van der Waals surface area contributed by atoms with Gasteiger partial charge in [-0.1, -0.05) is 38.1 Å². The minimum atomic E-state index is 0. The first kappa shape index (κ1) is 27.6. The minimum Gasteiger partial charge on any atom is -1.00 e. The predicted octanol–water partition coefficient (Wildman–Crippen LogP) is 2.90. The van der Waals surface area contributed by atoms with E-state index < -0.39 is 0 Å². The summed E-state index contributed by atoms with van der Waals surface area (Å²) >= 11 is 0. The van der Waals surface area contributed by atoms with Crippen LogP contribution in [0, 0.1) is 0 Å². The molecule has 0 atom stereocenters. The zero-order valence-electron chi connectivity index (χ0n) is 19.4. The summed E-state index contributed by atoms with van der Waals surface area (Å²) in [4.78, 5) is 0. The van der Waals surface area contributed by atoms with Gasteiger partial charge in [-0.05, 0) is 49.2 Å². The molecule has 0 aliphatic rings. The average Bonchev–Trinajstić information content (AvgIpc) is 2.79. The van der Waals surface area contributed by atoms with Crippen LogP contribution in [0.1, 0.15) is 33.1 Å². The molecule has 1 heterocycles. The summed E-state index contributed by atoms with van der Waals surface area (Å²) < 4.78 is 2.43. The van der Waals surface area contributed by atoms with Crippen LogP contribution in [0.4, 0.5) is 11.4 Å². The van der Waals surface area contributed by atoms with Crippen molar-refractivity contribution in [3.63, 3.8) is 0 Å². The molecule has 0 amide bonds. The largest absolute Gasteiger partial charge is 1.00 e. The number of anilines is 2. The van der Waals surface area contributed by atoms with Crippen molar-refractivity contribution in [2.24, 2.45) is 0 Å². The molecule has 0 saturated heterocycles. The Morgan fingerprint density at radius 3 is 2.12 bits per heavy atom. The topological polar surface area (TPSA) is 68.0 Å². The molecule has 4 aromatic rings. The number of benzene rings is 3. The number of fused-ring (bicyclic) bond motifs is 3. The maximum atomic E-state index is 6.24. The molecule has 0 bridgehead atoms. The number of nitrogens with two attached hydrogens (primary N) is 2. The Labute approximate surface area is 231 Å². The van der Waals surface area contributed by atoms with Gasteiger partial charge in [0.1, 0.15) is 0 Å². The van der Waals surface area contributed by atoms with Crippen LogP contribution in [-0.2, 0) is 6.54 Å². The smallest absolute Gasteiger partial charge is 0.220 e. The molecular formula is C27H34I2N4. The van der Waals surface area contributed by atoms with Crippen LogP contribution in [-0.4, -0.2) is 12.6 Å². The van der Waals surface area contributed by atoms with Crippen LogP contribution < -0.4 is 45.3 Å². The maximum absolute atomic E-state index is 6.24. The maximum Gasteiger partial charge on any atom is 0.220 e. The zero-order chi connectivity index (χ0) is 21.8. The number of nitrogens with one attached hydrogen (secondary N) is 1. The molecule has 3 aromatic carbocycles. The number of nitrogen functional groups attached to an aromatic ring is 2. The number of halogens is 2. The van der Waals surface area contributed by atoms with Gasteiger partial charge in [-0.25, -0.2) is 0 Å². The zero-order valence-corrected chi connectivity index (χ0v) is 23.8. The summed E-state index contributed by atoms with van der Waals surface area (Å²) in [6.45, 7) is 6.38. The normalized spacial score (nSPS) is 10.9. The lowest BCUT2D eigenvalue weighted by molar-refractivity contribution is -0.659. The number of nitrogens with zero attached hydrogens (tertiary/aromatic N) is 1. The van der Waals surface area contributed by atoms with Gasteiger partial charge in [0.15, 0.2) is 6.54 Å². The van der Waals surface area contributed by atoms with Gasteiger partial charge in [0.25, 0.3) is 0 Å². The fourth-order valence-corrected chi connectivity index (χ4v) is 4.52. The molecule has 0 radical (unpaired) electrons. The summed E-state index contributed by atoms with van der Waals surface area (Å²) in [6.07, 6.45) is 3.36. The first-order chi connectivity index (χ1) is 15.1. The van der Waals surface area contributed by atoms with E-state index >= 15 is 0 Å². The highest BCUT2D eigenvalue weighted by molar-refractivity contribution is 14.0. The molecule has 4 rings (SSSR count). The van der Waals surface area contributed by atoms with Crippen LogP contribution in [0.3, 0.4) is 0 Å². The Kier molecular flexibility index (Phi) is 10.6. The van der Waals surface area contributed by atoms with Gasteiger partial charge in [0.2, 0.25) is 11.2 Å². The van der Waals surface area contributed by atoms with E-state index in [1.54, 1.807) is 0 Å². The van der Waals surface area contributed by atoms with Gasteiger partial charge in [0.05, 0.1) is 10.8 Å². The standard InChI is InChI=1S/C27H32N4.2HI/c1-3-22(4-2)30-15-8-16-31-26-18-21(29)12-14-24(26)23-13-11-20(28)17-25(23)27(31)19-9-6-5-7-10-19;;/h5-7,9-14,17-18,22,29-30H,3-4,8,15-16,28H2,1-2H3;2*1H. The third-order valence-corrected chi connectivity index (χ3v) is 6.20. The van der Waals surface area contributed by atoms with E-state index in [0.29, 0.717) is 6.04 Å². The summed E-state index contributed by atoms with van der Waals surface area (Å²) in [5, 5.41) is 7.28. The molecule has 0 unspecified atom stereocenters. The van der Waals surface area contributed by atoms with Crippen LogP contribution in [0.5, 0.6) is 0 Å². The Morgan fingerprint density at radius 2 is 1.45 bits per heavy atom. The molecule has 4 nitrogen and oxygen atoms in total. The van der Waals surface area contributed by atoms with Gasteiger partial charge in [-0.15, -0.1) is 24.0 Å². The number of aryl methyl sites for hydroxylation is 1. The fraction of sp³-hybridized carbons (Fsp3) is 0.296. The van der Waals surface area contributed by atoms with Crippen molar-refractivity contribution in [1.29, 1.82) is 0 Å². The minimum absolute atomic E-state index is 0. The lowest BCUT2D eigenvalue weighted by atomic mass is 9.98. The van der Waals surface area contributed by atoms with Crippen molar-refractivity contribution in [2.75, 3.05) is 18.0 Å². The predicted molar refractivity (Wildman–Crippen MR) is 148 cm³/mol. The summed E-state index contributed by atoms with van der Waals surface area (Å²) in [6, 6.07) is 23.6. The molecule has 0 aliphatic heterocycles. The monoisotopic (exact) mass is 668 g/mol. The summed E-state index contributed by atoms with van der Waals surface area (Å²) in [5.74, 6) is 0. The molecule has 1 aromatic heterocycles. The second-order valence-corrected chi connectivity index (χ2v) is 8.27. The van der Waals surface area contributed by atoms with Gasteiger partial charge >= 0.3 is 0 Å². The van der Waals surface area contributed by atoms with Gasteiger partial charge < -0.3 is 40.8 Å². The summed E-state index contributed by atoms with van der Waals surface area (Å²) in [7, 11) is 0. The van der Waals surface area contributed by atoms with E-state index in [-0.39, 0.29) is 48.0 Å². The van der Waals surface area contributed by atoms with Gasteiger partial charge in [-0.2, -0.15) is 4.57 Å². The van der Waals surface area contributed by atoms with Crippen molar-refractivity contribution < 1.29 is 28.5 Å². The number of hydrogen-bond donors (Lipinski definition) is 3. The van der Waals surface area contributed by atoms with E-state index in [1.165, 1.54) is 32.9 Å². The van der Waals surface area contributed by atoms with E-state index in [9.17, 15) is 0 Å². The fourth-order valence-electron chi connectivity index (χ4n) is 4.52. The average molecular weight is 668 g/mol. The van der Waals surface area contributed by atoms with E-state index in [1.807, 2.05) is 12.1 Å². The highest BCUT2D eigenvalue weighted by Gasteiger charge is 2.23. The van der Waals surface area contributed by atoms with Crippen molar-refractivity contribution in [3.05, 3.63) is 66.7 Å². The van der Waals surface area contributed by atoms with Crippen molar-refractivity contribution in [3.8, 4) is 11.3 Å². The highest BCUT2D eigenvalue weighted by atomic mass is 127. The Balaban J connectivity index is 0.00000193. The number of hydrogen-bond acceptors (Lipinski definition) is 3. The molecular weight excluding hydrogens is 634 g/mol. The third kappa shape index (κ3) is 6.08. The first-order valence-electron chi connectivity index (χ1n) is 11.4. The van der Waals surface area contributed by atoms with Crippen molar-refractivity contribution >= 4 is 57.0 Å². The number of pyridine rings is 1. The molecule has 33 heavy (non-hydrogen) atoms. The second kappa shape index (κ2) is 12.7. The quantitative estimate of drug-likeness (QED) is 0.0891. The van der Waals surface area contributed by atoms with Gasteiger partial charge in [-0.3, -0.25) is 0 Å². The third-order valence-electron chi connectivity index (χ3n) is 6.20. The first-order valence-corrected chi connectivity index (χ1v) is 11.4. The molecule has 6 heteroatoms. The molecule has 0 aliphatic carbocycles. The molecule has 0 fully saturated rings. The Morgan fingerprint density at radius 1 is 0.818 bits per heavy atom. The molecule has 0 saturated carbocycles. The van der Waals surface area contributed by atoms with Crippen molar-refractivity contribution in [2.45, 2.75) is 45.7 Å². The van der Waals surface area contributed by atoms with E-state index in [4.69, 9.17) is 11.5 Å². The van der Waals surface area contributed by atoms with Crippen molar-refractivity contribution in [1.82, 2.24) is 5.32 Å². The lowest BCUT2D eigenvalue weighted by Crippen LogP contribution is -3.00. The number of aromatic nitrogens is 1.